The van der Waals surface area contributed by atoms with Crippen molar-refractivity contribution < 1.29 is 4.79 Å². The van der Waals surface area contributed by atoms with Crippen LogP contribution in [0.5, 0.6) is 0 Å². The van der Waals surface area contributed by atoms with Crippen molar-refractivity contribution in [1.82, 2.24) is 4.90 Å². The molecule has 2 heterocycles. The average molecular weight is 364 g/mol. The van der Waals surface area contributed by atoms with Crippen LogP contribution in [0.4, 0.5) is 11.4 Å². The summed E-state index contributed by atoms with van der Waals surface area (Å²) in [6.07, 6.45) is 3.12. The van der Waals surface area contributed by atoms with Gasteiger partial charge in [-0.25, -0.2) is 0 Å². The molecule has 0 spiro atoms. The summed E-state index contributed by atoms with van der Waals surface area (Å²) in [4.78, 5) is 19.5. The predicted octanol–water partition coefficient (Wildman–Crippen LogP) is 3.49. The highest BCUT2D eigenvalue weighted by Gasteiger charge is 2.22. The predicted molar refractivity (Wildman–Crippen MR) is 112 cm³/mol. The first-order chi connectivity index (χ1) is 13.2. The summed E-state index contributed by atoms with van der Waals surface area (Å²) in [5.41, 5.74) is 4.94. The van der Waals surface area contributed by atoms with Gasteiger partial charge in [0.15, 0.2) is 0 Å². The Hall–Kier alpha value is -2.49. The van der Waals surface area contributed by atoms with Gasteiger partial charge >= 0.3 is 0 Å². The van der Waals surface area contributed by atoms with Crippen molar-refractivity contribution in [2.24, 2.45) is 0 Å². The van der Waals surface area contributed by atoms with E-state index in [9.17, 15) is 4.79 Å². The summed E-state index contributed by atoms with van der Waals surface area (Å²) < 4.78 is 0. The van der Waals surface area contributed by atoms with Gasteiger partial charge < -0.3 is 14.7 Å². The van der Waals surface area contributed by atoms with Crippen molar-refractivity contribution in [3.8, 4) is 0 Å². The van der Waals surface area contributed by atoms with E-state index in [1.165, 1.54) is 42.9 Å². The number of benzene rings is 2. The molecule has 2 aromatic rings. The van der Waals surface area contributed by atoms with Crippen LogP contribution in [-0.4, -0.2) is 50.1 Å². The first-order valence-electron chi connectivity index (χ1n) is 10.1. The summed E-state index contributed by atoms with van der Waals surface area (Å²) in [7, 11) is 0. The van der Waals surface area contributed by atoms with Gasteiger partial charge in [-0.15, -0.1) is 0 Å². The Morgan fingerprint density at radius 2 is 1.33 bits per heavy atom. The summed E-state index contributed by atoms with van der Waals surface area (Å²) in [6, 6.07) is 17.1. The fourth-order valence-corrected chi connectivity index (χ4v) is 4.15. The highest BCUT2D eigenvalue weighted by atomic mass is 16.2. The van der Waals surface area contributed by atoms with Crippen LogP contribution in [0, 0.1) is 6.92 Å². The topological polar surface area (TPSA) is 26.8 Å². The molecular weight excluding hydrogens is 334 g/mol. The second-order valence-electron chi connectivity index (χ2n) is 7.68. The molecule has 27 heavy (non-hydrogen) atoms. The molecule has 142 valence electrons. The van der Waals surface area contributed by atoms with Gasteiger partial charge in [0.05, 0.1) is 6.42 Å². The monoisotopic (exact) mass is 363 g/mol. The molecule has 4 rings (SSSR count). The maximum absolute atomic E-state index is 12.7. The van der Waals surface area contributed by atoms with E-state index in [-0.39, 0.29) is 5.91 Å². The Morgan fingerprint density at radius 3 is 1.93 bits per heavy atom. The van der Waals surface area contributed by atoms with Gasteiger partial charge in [-0.3, -0.25) is 4.79 Å². The Bertz CT molecular complexity index is 772. The SMILES string of the molecule is Cc1ccccc1CC(=O)N1CCN(c2ccc(N3CCCC3)cc2)CC1. The van der Waals surface area contributed by atoms with Crippen molar-refractivity contribution >= 4 is 17.3 Å². The van der Waals surface area contributed by atoms with Crippen molar-refractivity contribution in [1.29, 1.82) is 0 Å². The number of carbonyl (C=O) groups excluding carboxylic acids is 1. The van der Waals surface area contributed by atoms with Crippen molar-refractivity contribution in [3.05, 3.63) is 59.7 Å². The number of amides is 1. The molecule has 2 aliphatic heterocycles. The van der Waals surface area contributed by atoms with Crippen LogP contribution in [0.1, 0.15) is 24.0 Å². The van der Waals surface area contributed by atoms with Gasteiger partial charge in [0.25, 0.3) is 0 Å². The molecule has 0 N–H and O–H groups in total. The van der Waals surface area contributed by atoms with E-state index >= 15 is 0 Å². The number of anilines is 2. The van der Waals surface area contributed by atoms with Gasteiger partial charge in [-0.2, -0.15) is 0 Å². The van der Waals surface area contributed by atoms with Crippen LogP contribution in [-0.2, 0) is 11.2 Å². The maximum Gasteiger partial charge on any atom is 0.227 e. The first-order valence-corrected chi connectivity index (χ1v) is 10.1. The fraction of sp³-hybridized carbons (Fsp3) is 0.435. The normalized spacial score (nSPS) is 17.4. The minimum Gasteiger partial charge on any atom is -0.372 e. The molecule has 2 aromatic carbocycles. The Kier molecular flexibility index (Phi) is 5.33. The molecule has 0 atom stereocenters. The second-order valence-corrected chi connectivity index (χ2v) is 7.68. The number of hydrogen-bond donors (Lipinski definition) is 0. The average Bonchev–Trinajstić information content (AvgIpc) is 3.25. The zero-order valence-electron chi connectivity index (χ0n) is 16.2. The highest BCUT2D eigenvalue weighted by molar-refractivity contribution is 5.79. The number of nitrogens with zero attached hydrogens (tertiary/aromatic N) is 3. The Labute approximate surface area is 162 Å². The maximum atomic E-state index is 12.7. The second kappa shape index (κ2) is 8.03. The minimum absolute atomic E-state index is 0.244. The molecule has 0 aliphatic carbocycles. The van der Waals surface area contributed by atoms with Crippen molar-refractivity contribution in [2.75, 3.05) is 49.1 Å². The van der Waals surface area contributed by atoms with E-state index in [4.69, 9.17) is 0 Å². The number of aryl methyl sites for hydroxylation is 1. The van der Waals surface area contributed by atoms with Crippen LogP contribution in [0.2, 0.25) is 0 Å². The number of rotatable bonds is 4. The molecule has 4 heteroatoms. The van der Waals surface area contributed by atoms with Crippen molar-refractivity contribution in [3.63, 3.8) is 0 Å². The van der Waals surface area contributed by atoms with Crippen LogP contribution in [0.25, 0.3) is 0 Å². The van der Waals surface area contributed by atoms with Gasteiger partial charge in [0.1, 0.15) is 0 Å². The lowest BCUT2D eigenvalue weighted by atomic mass is 10.1. The summed E-state index contributed by atoms with van der Waals surface area (Å²) in [6.45, 7) is 7.86. The number of hydrogen-bond acceptors (Lipinski definition) is 3. The third kappa shape index (κ3) is 4.10. The molecule has 4 nitrogen and oxygen atoms in total. The van der Waals surface area contributed by atoms with Gasteiger partial charge in [0, 0.05) is 50.6 Å². The molecular formula is C23H29N3O. The molecule has 2 aliphatic rings. The molecule has 0 aromatic heterocycles. The lowest BCUT2D eigenvalue weighted by Crippen LogP contribution is -2.49. The smallest absolute Gasteiger partial charge is 0.227 e. The van der Waals surface area contributed by atoms with Crippen LogP contribution >= 0.6 is 0 Å². The molecule has 1 amide bonds. The van der Waals surface area contributed by atoms with Gasteiger partial charge in [-0.1, -0.05) is 24.3 Å². The van der Waals surface area contributed by atoms with Crippen LogP contribution in [0.3, 0.4) is 0 Å². The van der Waals surface area contributed by atoms with E-state index in [1.54, 1.807) is 0 Å². The summed E-state index contributed by atoms with van der Waals surface area (Å²) in [5, 5.41) is 0. The molecule has 0 bridgehead atoms. The van der Waals surface area contributed by atoms with E-state index in [0.29, 0.717) is 6.42 Å². The van der Waals surface area contributed by atoms with E-state index in [0.717, 1.165) is 31.7 Å². The first kappa shape index (κ1) is 17.9. The molecule has 0 unspecified atom stereocenters. The van der Waals surface area contributed by atoms with E-state index in [1.807, 2.05) is 17.0 Å². The summed E-state index contributed by atoms with van der Waals surface area (Å²) >= 11 is 0. The molecule has 2 fully saturated rings. The quantitative estimate of drug-likeness (QED) is 0.832. The third-order valence-corrected chi connectivity index (χ3v) is 5.92. The number of carbonyl (C=O) groups is 1. The van der Waals surface area contributed by atoms with Crippen LogP contribution in [0.15, 0.2) is 48.5 Å². The molecule has 0 saturated carbocycles. The lowest BCUT2D eigenvalue weighted by Gasteiger charge is -2.36. The van der Waals surface area contributed by atoms with Gasteiger partial charge in [-0.05, 0) is 55.2 Å². The zero-order chi connectivity index (χ0) is 18.6. The Morgan fingerprint density at radius 1 is 0.778 bits per heavy atom. The molecule has 0 radical (unpaired) electrons. The third-order valence-electron chi connectivity index (χ3n) is 5.92. The fourth-order valence-electron chi connectivity index (χ4n) is 4.15. The minimum atomic E-state index is 0.244. The van der Waals surface area contributed by atoms with E-state index < -0.39 is 0 Å². The number of piperazine rings is 1. The highest BCUT2D eigenvalue weighted by Crippen LogP contribution is 2.24. The molecule has 2 saturated heterocycles. The largest absolute Gasteiger partial charge is 0.372 e. The van der Waals surface area contributed by atoms with Gasteiger partial charge in [0.2, 0.25) is 5.91 Å². The zero-order valence-corrected chi connectivity index (χ0v) is 16.2. The lowest BCUT2D eigenvalue weighted by molar-refractivity contribution is -0.130. The van der Waals surface area contributed by atoms with E-state index in [2.05, 4.69) is 53.1 Å². The Balaban J connectivity index is 1.32. The standard InChI is InChI=1S/C23H29N3O/c1-19-6-2-3-7-20(19)18-23(27)26-16-14-25(15-17-26)22-10-8-21(9-11-22)24-12-4-5-13-24/h2-3,6-11H,4-5,12-18H2,1H3. The van der Waals surface area contributed by atoms with Crippen LogP contribution < -0.4 is 9.80 Å². The summed E-state index contributed by atoms with van der Waals surface area (Å²) in [5.74, 6) is 0.244. The van der Waals surface area contributed by atoms with Crippen molar-refractivity contribution in [2.45, 2.75) is 26.2 Å².